The summed E-state index contributed by atoms with van der Waals surface area (Å²) < 4.78 is 0. The molecule has 0 spiro atoms. The van der Waals surface area contributed by atoms with Crippen LogP contribution in [0.1, 0.15) is 78.2 Å². The van der Waals surface area contributed by atoms with Crippen LogP contribution < -0.4 is 0 Å². The van der Waals surface area contributed by atoms with Crippen molar-refractivity contribution >= 4 is 0 Å². The molecule has 1 aromatic rings. The van der Waals surface area contributed by atoms with Gasteiger partial charge in [-0.25, -0.2) is 0 Å². The molecule has 0 radical (unpaired) electrons. The summed E-state index contributed by atoms with van der Waals surface area (Å²) in [6, 6.07) is 11.3. The molecule has 0 aliphatic heterocycles. The molecule has 4 unspecified atom stereocenters. The van der Waals surface area contributed by atoms with Gasteiger partial charge in [0.2, 0.25) is 0 Å². The van der Waals surface area contributed by atoms with E-state index in [2.05, 4.69) is 138 Å². The summed E-state index contributed by atoms with van der Waals surface area (Å²) in [6.45, 7) is 17.8. The van der Waals surface area contributed by atoms with Crippen LogP contribution in [0.2, 0.25) is 0 Å². The Balaban J connectivity index is 2.05. The van der Waals surface area contributed by atoms with Crippen molar-refractivity contribution in [3.05, 3.63) is 150 Å². The van der Waals surface area contributed by atoms with Crippen LogP contribution in [-0.4, -0.2) is 0 Å². The average Bonchev–Trinajstić information content (AvgIpc) is 3.23. The van der Waals surface area contributed by atoms with Gasteiger partial charge in [0, 0.05) is 0 Å². The van der Waals surface area contributed by atoms with E-state index < -0.39 is 0 Å². The number of hydrogen-bond donors (Lipinski definition) is 0. The monoisotopic (exact) mass is 528 g/mol. The molecule has 1 aromatic carbocycles. The highest BCUT2D eigenvalue weighted by atomic mass is 14.6. The molecule has 0 saturated heterocycles. The van der Waals surface area contributed by atoms with Crippen molar-refractivity contribution in [1.29, 1.82) is 0 Å². The Morgan fingerprint density at radius 2 is 1.52 bits per heavy atom. The van der Waals surface area contributed by atoms with E-state index in [-0.39, 0.29) is 21.7 Å². The standard InChI is InChI=1S/C40H48/c1-7-11-22-35(20-9-3)39-28-37(5,33-24-16-13-14-17-25-33)29-40(32-39,36(21-10-4)23-12-8-2)31-38(6,30-39)34-26-18-15-19-27-34/h7,10-13,15-27H,1,4,8-9,28-32H2,2-3,5-6H3/b22-11-,23-12-,35-20+,36-21+. The van der Waals surface area contributed by atoms with Crippen molar-refractivity contribution in [2.45, 2.75) is 78.1 Å². The van der Waals surface area contributed by atoms with Crippen LogP contribution in [0.4, 0.5) is 0 Å². The second-order valence-corrected chi connectivity index (χ2v) is 12.7. The fraction of sp³-hybridized carbons (Fsp3) is 0.375. The van der Waals surface area contributed by atoms with Gasteiger partial charge in [-0.3, -0.25) is 0 Å². The third-order valence-corrected chi connectivity index (χ3v) is 9.48. The molecule has 0 amide bonds. The second-order valence-electron chi connectivity index (χ2n) is 12.7. The van der Waals surface area contributed by atoms with E-state index in [0.29, 0.717) is 0 Å². The molecule has 208 valence electrons. The number of benzene rings is 1. The minimum atomic E-state index is -0.0112. The second kappa shape index (κ2) is 12.4. The first-order valence-electron chi connectivity index (χ1n) is 15.1. The van der Waals surface area contributed by atoms with Gasteiger partial charge in [0.15, 0.2) is 0 Å². The highest BCUT2D eigenvalue weighted by molar-refractivity contribution is 5.46. The molecule has 0 N–H and O–H groups in total. The molecule has 2 saturated carbocycles. The lowest BCUT2D eigenvalue weighted by Crippen LogP contribution is -2.55. The first-order valence-corrected chi connectivity index (χ1v) is 15.1. The molecule has 4 atom stereocenters. The van der Waals surface area contributed by atoms with Gasteiger partial charge in [-0.1, -0.05) is 138 Å². The average molecular weight is 529 g/mol. The fourth-order valence-electron chi connectivity index (χ4n) is 8.49. The SMILES string of the molecule is C=C/C=C\C(=C/CC)C12CC(C)(C3=CC=C=CC=C3)CC(C(/C=C\CC)=C/C=C)(C1)CC(C)(c1ccccc1)C2. The van der Waals surface area contributed by atoms with E-state index in [9.17, 15) is 0 Å². The van der Waals surface area contributed by atoms with Crippen molar-refractivity contribution in [3.63, 3.8) is 0 Å². The van der Waals surface area contributed by atoms with E-state index in [1.165, 1.54) is 22.3 Å². The molecular weight excluding hydrogens is 480 g/mol. The summed E-state index contributed by atoms with van der Waals surface area (Å²) in [7, 11) is 0. The zero-order valence-corrected chi connectivity index (χ0v) is 25.3. The Bertz CT molecular complexity index is 1330. The Morgan fingerprint density at radius 1 is 0.825 bits per heavy atom. The van der Waals surface area contributed by atoms with Crippen LogP contribution in [-0.2, 0) is 5.41 Å². The van der Waals surface area contributed by atoms with Crippen molar-refractivity contribution in [3.8, 4) is 0 Å². The maximum absolute atomic E-state index is 4.18. The van der Waals surface area contributed by atoms with Crippen molar-refractivity contribution < 1.29 is 0 Å². The lowest BCUT2D eigenvalue weighted by molar-refractivity contribution is -0.0439. The normalized spacial score (nSPS) is 32.4. The Kier molecular flexibility index (Phi) is 9.22. The number of rotatable bonds is 10. The molecule has 2 bridgehead atoms. The molecule has 2 fully saturated rings. The van der Waals surface area contributed by atoms with Crippen LogP contribution in [0, 0.1) is 16.2 Å². The van der Waals surface area contributed by atoms with Gasteiger partial charge < -0.3 is 0 Å². The molecule has 0 aromatic heterocycles. The van der Waals surface area contributed by atoms with Crippen LogP contribution in [0.25, 0.3) is 0 Å². The zero-order valence-electron chi connectivity index (χ0n) is 25.3. The first-order chi connectivity index (χ1) is 19.3. The summed E-state index contributed by atoms with van der Waals surface area (Å²) in [4.78, 5) is 0. The minimum absolute atomic E-state index is 0.00169. The summed E-state index contributed by atoms with van der Waals surface area (Å²) in [6.07, 6.45) is 36.5. The van der Waals surface area contributed by atoms with E-state index in [4.69, 9.17) is 0 Å². The lowest BCUT2D eigenvalue weighted by atomic mass is 9.39. The Labute approximate surface area is 244 Å². The smallest absolute Gasteiger partial charge is 0.00219 e. The van der Waals surface area contributed by atoms with Crippen LogP contribution >= 0.6 is 0 Å². The van der Waals surface area contributed by atoms with E-state index in [1.807, 2.05) is 18.2 Å². The third kappa shape index (κ3) is 5.89. The topological polar surface area (TPSA) is 0 Å². The zero-order chi connectivity index (χ0) is 28.7. The molecule has 0 heterocycles. The van der Waals surface area contributed by atoms with Gasteiger partial charge in [-0.15, -0.1) is 5.73 Å². The van der Waals surface area contributed by atoms with Crippen molar-refractivity contribution in [2.75, 3.05) is 0 Å². The number of fused-ring (bicyclic) bond motifs is 2. The van der Waals surface area contributed by atoms with Gasteiger partial charge in [0.25, 0.3) is 0 Å². The Hall–Kier alpha value is -3.34. The molecular formula is C40H48. The molecule has 3 aliphatic carbocycles. The van der Waals surface area contributed by atoms with Crippen molar-refractivity contribution in [1.82, 2.24) is 0 Å². The van der Waals surface area contributed by atoms with Gasteiger partial charge in [-0.2, -0.15) is 0 Å². The summed E-state index contributed by atoms with van der Waals surface area (Å²) in [5, 5.41) is 0. The fourth-order valence-corrected chi connectivity index (χ4v) is 8.49. The summed E-state index contributed by atoms with van der Waals surface area (Å²) in [5.41, 5.74) is 9.08. The van der Waals surface area contributed by atoms with Crippen LogP contribution in [0.3, 0.4) is 0 Å². The molecule has 40 heavy (non-hydrogen) atoms. The highest BCUT2D eigenvalue weighted by Gasteiger charge is 2.62. The maximum atomic E-state index is 4.18. The van der Waals surface area contributed by atoms with Gasteiger partial charge >= 0.3 is 0 Å². The summed E-state index contributed by atoms with van der Waals surface area (Å²) >= 11 is 0. The van der Waals surface area contributed by atoms with Gasteiger partial charge in [0.05, 0.1) is 0 Å². The maximum Gasteiger partial charge on any atom is -0.00219 e. The molecule has 0 heteroatoms. The predicted molar refractivity (Wildman–Crippen MR) is 175 cm³/mol. The third-order valence-electron chi connectivity index (χ3n) is 9.48. The van der Waals surface area contributed by atoms with Gasteiger partial charge in [-0.05, 0) is 101 Å². The Morgan fingerprint density at radius 3 is 2.17 bits per heavy atom. The first kappa shape index (κ1) is 29.6. The van der Waals surface area contributed by atoms with Crippen LogP contribution in [0.5, 0.6) is 0 Å². The largest absolute Gasteiger partial charge is 0.121 e. The van der Waals surface area contributed by atoms with E-state index >= 15 is 0 Å². The molecule has 4 rings (SSSR count). The lowest BCUT2D eigenvalue weighted by Gasteiger charge is -2.64. The summed E-state index contributed by atoms with van der Waals surface area (Å²) in [5.74, 6) is 0. The number of allylic oxidation sites excluding steroid dienone is 15. The van der Waals surface area contributed by atoms with Gasteiger partial charge in [0.1, 0.15) is 0 Å². The van der Waals surface area contributed by atoms with E-state index in [1.54, 1.807) is 0 Å². The van der Waals surface area contributed by atoms with E-state index in [0.717, 1.165) is 44.9 Å². The molecule has 0 nitrogen and oxygen atoms in total. The number of hydrogen-bond acceptors (Lipinski definition) is 0. The highest BCUT2D eigenvalue weighted by Crippen LogP contribution is 2.71. The quantitative estimate of drug-likeness (QED) is 0.209. The minimum Gasteiger partial charge on any atom is -0.121 e. The molecule has 3 aliphatic rings. The van der Waals surface area contributed by atoms with Crippen LogP contribution in [0.15, 0.2) is 145 Å². The predicted octanol–water partition coefficient (Wildman–Crippen LogP) is 11.3. The van der Waals surface area contributed by atoms with Crippen molar-refractivity contribution in [2.24, 2.45) is 16.2 Å².